The first kappa shape index (κ1) is 11.8. The highest BCUT2D eigenvalue weighted by molar-refractivity contribution is 5.93. The minimum Gasteiger partial charge on any atom is -0.465 e. The van der Waals surface area contributed by atoms with Gasteiger partial charge in [-0.25, -0.2) is 14.8 Å². The van der Waals surface area contributed by atoms with Crippen molar-refractivity contribution in [3.05, 3.63) is 17.6 Å². The Labute approximate surface area is 99.1 Å². The fraction of sp³-hybridized carbons (Fsp3) is 0.545. The van der Waals surface area contributed by atoms with Gasteiger partial charge in [0.15, 0.2) is 5.82 Å². The number of rotatable bonds is 2. The molecule has 1 aliphatic rings. The Hall–Kier alpha value is -1.69. The first-order valence-electron chi connectivity index (χ1n) is 5.42. The van der Waals surface area contributed by atoms with Gasteiger partial charge in [0, 0.05) is 12.8 Å². The highest BCUT2D eigenvalue weighted by Gasteiger charge is 2.35. The summed E-state index contributed by atoms with van der Waals surface area (Å²) >= 11 is 0. The van der Waals surface area contributed by atoms with E-state index in [1.807, 2.05) is 6.92 Å². The van der Waals surface area contributed by atoms with Crippen molar-refractivity contribution in [3.8, 4) is 0 Å². The molecule has 0 aliphatic carbocycles. The Kier molecular flexibility index (Phi) is 2.97. The molecule has 92 valence electrons. The second kappa shape index (κ2) is 4.29. The van der Waals surface area contributed by atoms with Crippen LogP contribution >= 0.6 is 0 Å². The Morgan fingerprint density at radius 3 is 2.94 bits per heavy atom. The monoisotopic (exact) mass is 237 g/mol. The molecule has 6 nitrogen and oxygen atoms in total. The lowest BCUT2D eigenvalue weighted by Gasteiger charge is -2.21. The van der Waals surface area contributed by atoms with Crippen molar-refractivity contribution < 1.29 is 14.3 Å². The van der Waals surface area contributed by atoms with Crippen molar-refractivity contribution in [3.63, 3.8) is 0 Å². The summed E-state index contributed by atoms with van der Waals surface area (Å²) in [4.78, 5) is 19.6. The van der Waals surface area contributed by atoms with Gasteiger partial charge in [-0.1, -0.05) is 0 Å². The number of carbonyl (C=O) groups is 1. The van der Waals surface area contributed by atoms with Crippen LogP contribution < -0.4 is 5.73 Å². The maximum atomic E-state index is 11.3. The van der Waals surface area contributed by atoms with Crippen LogP contribution in [0.4, 0.5) is 5.82 Å². The molecule has 1 aliphatic heterocycles. The van der Waals surface area contributed by atoms with E-state index in [9.17, 15) is 4.79 Å². The van der Waals surface area contributed by atoms with Crippen LogP contribution in [-0.2, 0) is 15.1 Å². The van der Waals surface area contributed by atoms with Gasteiger partial charge >= 0.3 is 5.97 Å². The van der Waals surface area contributed by atoms with Crippen molar-refractivity contribution in [2.75, 3.05) is 19.5 Å². The van der Waals surface area contributed by atoms with Gasteiger partial charge in [0.2, 0.25) is 0 Å². The summed E-state index contributed by atoms with van der Waals surface area (Å²) in [6.45, 7) is 2.62. The van der Waals surface area contributed by atoms with Gasteiger partial charge in [-0.05, 0) is 19.8 Å². The Morgan fingerprint density at radius 2 is 2.41 bits per heavy atom. The highest BCUT2D eigenvalue weighted by Crippen LogP contribution is 2.33. The van der Waals surface area contributed by atoms with E-state index in [2.05, 4.69) is 14.7 Å². The average Bonchev–Trinajstić information content (AvgIpc) is 2.76. The average molecular weight is 237 g/mol. The number of aromatic nitrogens is 2. The van der Waals surface area contributed by atoms with Gasteiger partial charge < -0.3 is 15.2 Å². The summed E-state index contributed by atoms with van der Waals surface area (Å²) in [5.41, 5.74) is 5.40. The fourth-order valence-electron chi connectivity index (χ4n) is 1.87. The molecule has 0 radical (unpaired) electrons. The van der Waals surface area contributed by atoms with Crippen LogP contribution in [0.5, 0.6) is 0 Å². The van der Waals surface area contributed by atoms with E-state index < -0.39 is 11.6 Å². The van der Waals surface area contributed by atoms with Crippen LogP contribution in [0.3, 0.4) is 0 Å². The molecule has 17 heavy (non-hydrogen) atoms. The molecule has 2 heterocycles. The number of nitrogen functional groups attached to an aromatic ring is 1. The smallest absolute Gasteiger partial charge is 0.343 e. The maximum Gasteiger partial charge on any atom is 0.343 e. The van der Waals surface area contributed by atoms with Crippen molar-refractivity contribution in [2.45, 2.75) is 25.4 Å². The summed E-state index contributed by atoms with van der Waals surface area (Å²) < 4.78 is 10.2. The van der Waals surface area contributed by atoms with Crippen LogP contribution in [-0.4, -0.2) is 29.7 Å². The van der Waals surface area contributed by atoms with Crippen LogP contribution in [0.25, 0.3) is 0 Å². The van der Waals surface area contributed by atoms with Gasteiger partial charge in [0.25, 0.3) is 0 Å². The van der Waals surface area contributed by atoms with Crippen molar-refractivity contribution >= 4 is 11.8 Å². The lowest BCUT2D eigenvalue weighted by atomic mass is 10.0. The zero-order valence-electron chi connectivity index (χ0n) is 9.90. The minimum absolute atomic E-state index is 0.124. The molecule has 1 unspecified atom stereocenters. The van der Waals surface area contributed by atoms with E-state index in [0.29, 0.717) is 12.4 Å². The largest absolute Gasteiger partial charge is 0.465 e. The fourth-order valence-corrected chi connectivity index (χ4v) is 1.87. The van der Waals surface area contributed by atoms with Gasteiger partial charge in [0.05, 0.1) is 7.11 Å². The Balaban J connectivity index is 2.33. The Bertz CT molecular complexity index is 442. The number of nitrogens with zero attached hydrogens (tertiary/aromatic N) is 2. The van der Waals surface area contributed by atoms with Crippen LogP contribution in [0.15, 0.2) is 6.20 Å². The molecule has 0 aromatic carbocycles. The third-order valence-corrected chi connectivity index (χ3v) is 2.92. The van der Waals surface area contributed by atoms with Gasteiger partial charge in [-0.2, -0.15) is 0 Å². The number of ether oxygens (including phenoxy) is 2. The van der Waals surface area contributed by atoms with Crippen molar-refractivity contribution in [1.82, 2.24) is 9.97 Å². The van der Waals surface area contributed by atoms with Crippen LogP contribution in [0.2, 0.25) is 0 Å². The van der Waals surface area contributed by atoms with Crippen molar-refractivity contribution in [1.29, 1.82) is 0 Å². The molecule has 0 bridgehead atoms. The molecule has 1 saturated heterocycles. The second-order valence-corrected chi connectivity index (χ2v) is 4.17. The summed E-state index contributed by atoms with van der Waals surface area (Å²) in [7, 11) is 1.29. The molecular formula is C11H15N3O3. The molecular weight excluding hydrogens is 222 g/mol. The van der Waals surface area contributed by atoms with E-state index in [0.717, 1.165) is 12.8 Å². The van der Waals surface area contributed by atoms with E-state index in [1.54, 1.807) is 0 Å². The summed E-state index contributed by atoms with van der Waals surface area (Å²) in [6, 6.07) is 0. The summed E-state index contributed by atoms with van der Waals surface area (Å²) in [5.74, 6) is 0.102. The first-order valence-corrected chi connectivity index (χ1v) is 5.42. The highest BCUT2D eigenvalue weighted by atomic mass is 16.5. The zero-order valence-corrected chi connectivity index (χ0v) is 9.90. The molecule has 6 heteroatoms. The van der Waals surface area contributed by atoms with Gasteiger partial charge in [-0.15, -0.1) is 0 Å². The molecule has 1 atom stereocenters. The lowest BCUT2D eigenvalue weighted by molar-refractivity contribution is 0.00934. The number of hydrogen-bond donors (Lipinski definition) is 1. The molecule has 0 amide bonds. The predicted molar refractivity (Wildman–Crippen MR) is 60.3 cm³/mol. The minimum atomic E-state index is -0.536. The van der Waals surface area contributed by atoms with E-state index in [-0.39, 0.29) is 11.4 Å². The molecule has 1 aromatic rings. The van der Waals surface area contributed by atoms with Crippen LogP contribution in [0, 0.1) is 0 Å². The van der Waals surface area contributed by atoms with E-state index >= 15 is 0 Å². The number of nitrogens with two attached hydrogens (primary N) is 1. The number of methoxy groups -OCH3 is 1. The summed E-state index contributed by atoms with van der Waals surface area (Å²) in [6.07, 6.45) is 3.21. The van der Waals surface area contributed by atoms with Crippen LogP contribution in [0.1, 0.15) is 35.9 Å². The molecule has 1 fully saturated rings. The number of anilines is 1. The predicted octanol–water partition coefficient (Wildman–Crippen LogP) is 0.871. The zero-order chi connectivity index (χ0) is 12.5. The quantitative estimate of drug-likeness (QED) is 0.768. The lowest BCUT2D eigenvalue weighted by Crippen LogP contribution is -2.24. The molecule has 2 rings (SSSR count). The standard InChI is InChI=1S/C11H15N3O3/c1-11(4-3-5-17-11)10-13-6-7(8(12)14-10)9(15)16-2/h6H,3-5H2,1-2H3,(H2,12,13,14). The third kappa shape index (κ3) is 2.08. The van der Waals surface area contributed by atoms with Gasteiger partial charge in [0.1, 0.15) is 17.0 Å². The molecule has 0 saturated carbocycles. The first-order chi connectivity index (χ1) is 8.07. The number of carbonyl (C=O) groups excluding carboxylic acids is 1. The summed E-state index contributed by atoms with van der Waals surface area (Å²) in [5, 5.41) is 0. The van der Waals surface area contributed by atoms with Gasteiger partial charge in [-0.3, -0.25) is 0 Å². The second-order valence-electron chi connectivity index (χ2n) is 4.17. The molecule has 0 spiro atoms. The Morgan fingerprint density at radius 1 is 1.65 bits per heavy atom. The third-order valence-electron chi connectivity index (χ3n) is 2.92. The topological polar surface area (TPSA) is 87.3 Å². The SMILES string of the molecule is COC(=O)c1cnc(C2(C)CCCO2)nc1N. The molecule has 2 N–H and O–H groups in total. The number of esters is 1. The number of hydrogen-bond acceptors (Lipinski definition) is 6. The van der Waals surface area contributed by atoms with E-state index in [1.165, 1.54) is 13.3 Å². The maximum absolute atomic E-state index is 11.3. The normalized spacial score (nSPS) is 23.6. The van der Waals surface area contributed by atoms with E-state index in [4.69, 9.17) is 10.5 Å². The van der Waals surface area contributed by atoms with Crippen molar-refractivity contribution in [2.24, 2.45) is 0 Å². The molecule has 1 aromatic heterocycles.